The smallest absolute Gasteiger partial charge is 0.354 e. The molecule has 1 heterocycles. The lowest BCUT2D eigenvalue weighted by atomic mass is 10.1. The first-order valence-electron chi connectivity index (χ1n) is 5.30. The van der Waals surface area contributed by atoms with Crippen LogP contribution in [-0.2, 0) is 4.74 Å². The van der Waals surface area contributed by atoms with Crippen molar-refractivity contribution in [3.8, 4) is 0 Å². The second kappa shape index (κ2) is 4.44. The van der Waals surface area contributed by atoms with Crippen LogP contribution in [0.1, 0.15) is 16.1 Å². The van der Waals surface area contributed by atoms with Crippen molar-refractivity contribution in [1.29, 1.82) is 0 Å². The molecule has 1 aromatic carbocycles. The van der Waals surface area contributed by atoms with Gasteiger partial charge in [0.15, 0.2) is 5.43 Å². The third kappa shape index (κ3) is 1.79. The normalized spacial score (nSPS) is 10.3. The minimum atomic E-state index is -0.734. The molecule has 0 aliphatic rings. The minimum absolute atomic E-state index is 0.108. The second-order valence-corrected chi connectivity index (χ2v) is 3.82. The molecule has 1 N–H and O–H groups in total. The molecule has 0 unspecified atom stereocenters. The van der Waals surface area contributed by atoms with E-state index in [1.54, 1.807) is 18.2 Å². The Balaban J connectivity index is 3.05. The molecular formula is C13H11NO4. The zero-order valence-electron chi connectivity index (χ0n) is 9.94. The van der Waals surface area contributed by atoms with Gasteiger partial charge < -0.3 is 9.72 Å². The van der Waals surface area contributed by atoms with Crippen LogP contribution in [0, 0.1) is 6.92 Å². The molecule has 0 bridgehead atoms. The van der Waals surface area contributed by atoms with E-state index in [9.17, 15) is 14.4 Å². The maximum absolute atomic E-state index is 12.2. The van der Waals surface area contributed by atoms with Crippen molar-refractivity contribution < 1.29 is 9.53 Å². The summed E-state index contributed by atoms with van der Waals surface area (Å²) < 4.78 is 4.55. The van der Waals surface area contributed by atoms with E-state index in [4.69, 9.17) is 0 Å². The standard InChI is InChI=1S/C13H11NO4/c1-7-10(13(17)18-2)14-12(16)9-6-4-3-5-8(9)11(7)15/h3-6H,1-2H3,(H,14,16). The first-order valence-corrected chi connectivity index (χ1v) is 5.30. The molecule has 0 saturated carbocycles. The number of hydrogen-bond acceptors (Lipinski definition) is 4. The average Bonchev–Trinajstić information content (AvgIpc) is 2.50. The number of H-pyrrole nitrogens is 1. The van der Waals surface area contributed by atoms with Crippen LogP contribution in [0.5, 0.6) is 0 Å². The van der Waals surface area contributed by atoms with E-state index in [0.717, 1.165) is 0 Å². The number of esters is 1. The third-order valence-electron chi connectivity index (χ3n) is 2.76. The number of carbonyl (C=O) groups is 1. The predicted octanol–water partition coefficient (Wildman–Crippen LogP) is 0.983. The maximum atomic E-state index is 12.2. The van der Waals surface area contributed by atoms with Gasteiger partial charge in [-0.1, -0.05) is 18.2 Å². The van der Waals surface area contributed by atoms with E-state index in [-0.39, 0.29) is 27.5 Å². The number of rotatable bonds is 1. The van der Waals surface area contributed by atoms with Crippen molar-refractivity contribution in [1.82, 2.24) is 4.98 Å². The third-order valence-corrected chi connectivity index (χ3v) is 2.76. The number of aromatic nitrogens is 1. The lowest BCUT2D eigenvalue weighted by molar-refractivity contribution is 0.0593. The van der Waals surface area contributed by atoms with Crippen LogP contribution in [-0.4, -0.2) is 18.1 Å². The Morgan fingerprint density at radius 1 is 1.17 bits per heavy atom. The van der Waals surface area contributed by atoms with Gasteiger partial charge in [0.1, 0.15) is 5.69 Å². The molecule has 0 aliphatic heterocycles. The Kier molecular flexibility index (Phi) is 2.97. The molecule has 0 fully saturated rings. The van der Waals surface area contributed by atoms with Crippen LogP contribution in [0.4, 0.5) is 0 Å². The Bertz CT molecular complexity index is 746. The first-order chi connectivity index (χ1) is 8.56. The molecule has 0 radical (unpaired) electrons. The van der Waals surface area contributed by atoms with Gasteiger partial charge in [-0.05, 0) is 13.0 Å². The summed E-state index contributed by atoms with van der Waals surface area (Å²) in [6, 6.07) is 6.42. The van der Waals surface area contributed by atoms with Gasteiger partial charge in [0, 0.05) is 10.9 Å². The van der Waals surface area contributed by atoms with Crippen molar-refractivity contribution >= 4 is 16.7 Å². The monoisotopic (exact) mass is 245 g/mol. The van der Waals surface area contributed by atoms with Crippen LogP contribution in [0.25, 0.3) is 10.8 Å². The highest BCUT2D eigenvalue weighted by atomic mass is 16.5. The predicted molar refractivity (Wildman–Crippen MR) is 66.9 cm³/mol. The molecule has 2 rings (SSSR count). The summed E-state index contributed by atoms with van der Waals surface area (Å²) in [6.07, 6.45) is 0. The lowest BCUT2D eigenvalue weighted by Gasteiger charge is -1.97. The number of methoxy groups -OCH3 is 1. The number of benzene rings is 1. The number of hydrogen-bond donors (Lipinski definition) is 1. The summed E-state index contributed by atoms with van der Waals surface area (Å²) in [7, 11) is 1.19. The molecule has 92 valence electrons. The summed E-state index contributed by atoms with van der Waals surface area (Å²) in [5, 5.41) is 0.534. The maximum Gasteiger partial charge on any atom is 0.354 e. The van der Waals surface area contributed by atoms with Crippen LogP contribution < -0.4 is 11.0 Å². The lowest BCUT2D eigenvalue weighted by Crippen LogP contribution is -2.14. The highest BCUT2D eigenvalue weighted by molar-refractivity contribution is 5.90. The molecule has 5 heteroatoms. The SMILES string of the molecule is COC(=O)c1[nH]c(=O)c2ccccc2c(=O)c1C. The van der Waals surface area contributed by atoms with Crippen molar-refractivity contribution in [2.45, 2.75) is 6.92 Å². The van der Waals surface area contributed by atoms with E-state index < -0.39 is 11.5 Å². The highest BCUT2D eigenvalue weighted by Gasteiger charge is 2.14. The zero-order valence-corrected chi connectivity index (χ0v) is 9.94. The van der Waals surface area contributed by atoms with Gasteiger partial charge in [0.05, 0.1) is 12.5 Å². The first kappa shape index (κ1) is 12.0. The van der Waals surface area contributed by atoms with Crippen LogP contribution >= 0.6 is 0 Å². The molecule has 1 aromatic heterocycles. The Morgan fingerprint density at radius 2 is 1.78 bits per heavy atom. The molecule has 0 amide bonds. The summed E-state index contributed by atoms with van der Waals surface area (Å²) in [5.41, 5.74) is -0.788. The molecule has 0 saturated heterocycles. The largest absolute Gasteiger partial charge is 0.464 e. The van der Waals surface area contributed by atoms with Gasteiger partial charge in [-0.2, -0.15) is 0 Å². The van der Waals surface area contributed by atoms with Crippen molar-refractivity contribution in [3.05, 3.63) is 56.1 Å². The summed E-state index contributed by atoms with van der Waals surface area (Å²) in [4.78, 5) is 38.0. The van der Waals surface area contributed by atoms with Crippen molar-refractivity contribution in [2.24, 2.45) is 0 Å². The van der Waals surface area contributed by atoms with Gasteiger partial charge >= 0.3 is 5.97 Å². The average molecular weight is 245 g/mol. The number of aromatic amines is 1. The van der Waals surface area contributed by atoms with Crippen LogP contribution in [0.3, 0.4) is 0 Å². The molecule has 0 atom stereocenters. The van der Waals surface area contributed by atoms with Gasteiger partial charge in [-0.25, -0.2) is 4.79 Å². The fourth-order valence-corrected chi connectivity index (χ4v) is 1.78. The fourth-order valence-electron chi connectivity index (χ4n) is 1.78. The van der Waals surface area contributed by atoms with E-state index in [2.05, 4.69) is 9.72 Å². The van der Waals surface area contributed by atoms with Crippen molar-refractivity contribution in [2.75, 3.05) is 7.11 Å². The summed E-state index contributed by atoms with van der Waals surface area (Å²) >= 11 is 0. The van der Waals surface area contributed by atoms with Gasteiger partial charge in [0.2, 0.25) is 0 Å². The molecule has 5 nitrogen and oxygen atoms in total. The Hall–Kier alpha value is -2.43. The number of nitrogens with one attached hydrogen (secondary N) is 1. The Labute approximate surface area is 102 Å². The van der Waals surface area contributed by atoms with Crippen LogP contribution in [0.2, 0.25) is 0 Å². The van der Waals surface area contributed by atoms with Crippen LogP contribution in [0.15, 0.2) is 33.9 Å². The molecule has 2 aromatic rings. The molecule has 18 heavy (non-hydrogen) atoms. The van der Waals surface area contributed by atoms with Gasteiger partial charge in [-0.3, -0.25) is 9.59 Å². The van der Waals surface area contributed by atoms with Gasteiger partial charge in [-0.15, -0.1) is 0 Å². The minimum Gasteiger partial charge on any atom is -0.464 e. The summed E-state index contributed by atoms with van der Waals surface area (Å²) in [6.45, 7) is 1.48. The summed E-state index contributed by atoms with van der Waals surface area (Å²) in [5.74, 6) is -0.734. The fraction of sp³-hybridized carbons (Fsp3) is 0.154. The van der Waals surface area contributed by atoms with Crippen molar-refractivity contribution in [3.63, 3.8) is 0 Å². The Morgan fingerprint density at radius 3 is 2.39 bits per heavy atom. The molecular weight excluding hydrogens is 234 g/mol. The van der Waals surface area contributed by atoms with Gasteiger partial charge in [0.25, 0.3) is 5.56 Å². The molecule has 0 spiro atoms. The van der Waals surface area contributed by atoms with E-state index in [1.165, 1.54) is 20.1 Å². The topological polar surface area (TPSA) is 76.2 Å². The molecule has 0 aliphatic carbocycles. The number of carbonyl (C=O) groups excluding carboxylic acids is 1. The van der Waals surface area contributed by atoms with E-state index in [0.29, 0.717) is 0 Å². The second-order valence-electron chi connectivity index (χ2n) is 3.82. The zero-order chi connectivity index (χ0) is 13.3. The quantitative estimate of drug-likeness (QED) is 0.760. The number of ether oxygens (including phenoxy) is 1. The highest BCUT2D eigenvalue weighted by Crippen LogP contribution is 2.06. The van der Waals surface area contributed by atoms with E-state index >= 15 is 0 Å². The number of fused-ring (bicyclic) bond motifs is 1. The van der Waals surface area contributed by atoms with E-state index in [1.807, 2.05) is 0 Å².